The smallest absolute Gasteiger partial charge is 0.0272 e. The van der Waals surface area contributed by atoms with Crippen molar-refractivity contribution in [1.82, 2.24) is 0 Å². The van der Waals surface area contributed by atoms with Gasteiger partial charge in [0.05, 0.1) is 0 Å². The lowest BCUT2D eigenvalue weighted by Gasteiger charge is -2.26. The van der Waals surface area contributed by atoms with E-state index in [-0.39, 0.29) is 6.04 Å². The van der Waals surface area contributed by atoms with Crippen molar-refractivity contribution in [2.75, 3.05) is 0 Å². The van der Waals surface area contributed by atoms with Gasteiger partial charge in [0.2, 0.25) is 0 Å². The molecule has 0 aliphatic heterocycles. The zero-order valence-corrected chi connectivity index (χ0v) is 11.5. The zero-order valence-electron chi connectivity index (χ0n) is 11.5. The van der Waals surface area contributed by atoms with Crippen LogP contribution in [0.2, 0.25) is 0 Å². The molecule has 0 amide bonds. The Morgan fingerprint density at radius 3 is 2.26 bits per heavy atom. The van der Waals surface area contributed by atoms with Crippen molar-refractivity contribution in [2.24, 2.45) is 5.73 Å². The molecule has 98 valence electrons. The first-order valence-electron chi connectivity index (χ1n) is 7.20. The van der Waals surface area contributed by atoms with Crippen LogP contribution in [-0.4, -0.2) is 0 Å². The van der Waals surface area contributed by atoms with Gasteiger partial charge in [0.1, 0.15) is 0 Å². The fourth-order valence-corrected chi connectivity index (χ4v) is 2.83. The Bertz CT molecular complexity index is 550. The summed E-state index contributed by atoms with van der Waals surface area (Å²) in [4.78, 5) is 0. The maximum absolute atomic E-state index is 6.06. The fraction of sp³-hybridized carbons (Fsp3) is 0.333. The van der Waals surface area contributed by atoms with Crippen LogP contribution in [0.4, 0.5) is 0 Å². The van der Waals surface area contributed by atoms with Gasteiger partial charge in [0, 0.05) is 6.04 Å². The van der Waals surface area contributed by atoms with Crippen molar-refractivity contribution >= 4 is 0 Å². The van der Waals surface area contributed by atoms with Crippen LogP contribution in [0.1, 0.15) is 49.3 Å². The first kappa shape index (κ1) is 12.4. The molecule has 1 saturated carbocycles. The average molecular weight is 251 g/mol. The largest absolute Gasteiger partial charge is 0.324 e. The Morgan fingerprint density at radius 2 is 1.68 bits per heavy atom. The maximum Gasteiger partial charge on any atom is 0.0272 e. The molecule has 1 atom stereocenters. The predicted octanol–water partition coefficient (Wildman–Crippen LogP) is 4.64. The molecule has 1 aliphatic carbocycles. The Hall–Kier alpha value is -1.60. The topological polar surface area (TPSA) is 26.0 Å². The summed E-state index contributed by atoms with van der Waals surface area (Å²) in [5.41, 5.74) is 11.3. The molecule has 0 aromatic heterocycles. The summed E-state index contributed by atoms with van der Waals surface area (Å²) in [5.74, 6) is 0.803. The third-order valence-corrected chi connectivity index (χ3v) is 4.25. The highest BCUT2D eigenvalue weighted by atomic mass is 14.6. The normalized spacial score (nSPS) is 16.9. The zero-order chi connectivity index (χ0) is 13.2. The van der Waals surface area contributed by atoms with Crippen molar-refractivity contribution in [3.05, 3.63) is 59.7 Å². The van der Waals surface area contributed by atoms with Gasteiger partial charge in [0.15, 0.2) is 0 Å². The molecular weight excluding hydrogens is 230 g/mol. The lowest BCUT2D eigenvalue weighted by Crippen LogP contribution is -2.08. The minimum absolute atomic E-state index is 0.0718. The standard InChI is InChI=1S/C18H21N/c1-13(19)17-7-2-3-8-18(17)16-11-9-15(10-12-16)14-5-4-6-14/h2-3,7-14H,4-6,19H2,1H3. The van der Waals surface area contributed by atoms with Gasteiger partial charge in [-0.25, -0.2) is 0 Å². The summed E-state index contributed by atoms with van der Waals surface area (Å²) in [5, 5.41) is 0. The van der Waals surface area contributed by atoms with Crippen LogP contribution in [0.3, 0.4) is 0 Å². The van der Waals surface area contributed by atoms with Crippen molar-refractivity contribution in [3.63, 3.8) is 0 Å². The second kappa shape index (κ2) is 5.18. The van der Waals surface area contributed by atoms with E-state index in [1.165, 1.54) is 41.5 Å². The Labute approximate surface area is 115 Å². The summed E-state index contributed by atoms with van der Waals surface area (Å²) in [6.45, 7) is 2.04. The molecule has 0 saturated heterocycles. The molecule has 1 heteroatoms. The van der Waals surface area contributed by atoms with Crippen molar-refractivity contribution in [3.8, 4) is 11.1 Å². The summed E-state index contributed by atoms with van der Waals surface area (Å²) in [7, 11) is 0. The van der Waals surface area contributed by atoms with Crippen LogP contribution in [0.15, 0.2) is 48.5 Å². The van der Waals surface area contributed by atoms with Gasteiger partial charge in [-0.1, -0.05) is 55.0 Å². The van der Waals surface area contributed by atoms with Gasteiger partial charge in [-0.15, -0.1) is 0 Å². The molecule has 0 radical (unpaired) electrons. The number of rotatable bonds is 3. The van der Waals surface area contributed by atoms with Gasteiger partial charge in [-0.2, -0.15) is 0 Å². The fourth-order valence-electron chi connectivity index (χ4n) is 2.83. The maximum atomic E-state index is 6.06. The van der Waals surface area contributed by atoms with E-state index in [0.717, 1.165) is 5.92 Å². The second-order valence-electron chi connectivity index (χ2n) is 5.63. The molecule has 1 nitrogen and oxygen atoms in total. The number of hydrogen-bond acceptors (Lipinski definition) is 1. The van der Waals surface area contributed by atoms with Gasteiger partial charge >= 0.3 is 0 Å². The van der Waals surface area contributed by atoms with Gasteiger partial charge in [-0.3, -0.25) is 0 Å². The first-order chi connectivity index (χ1) is 9.25. The van der Waals surface area contributed by atoms with E-state index < -0.39 is 0 Å². The molecule has 2 aromatic rings. The number of benzene rings is 2. The monoisotopic (exact) mass is 251 g/mol. The summed E-state index contributed by atoms with van der Waals surface area (Å²) in [6, 6.07) is 17.6. The molecule has 3 rings (SSSR count). The Kier molecular flexibility index (Phi) is 3.39. The molecule has 2 N–H and O–H groups in total. The molecule has 0 spiro atoms. The second-order valence-corrected chi connectivity index (χ2v) is 5.63. The minimum atomic E-state index is 0.0718. The van der Waals surface area contributed by atoms with E-state index in [1.807, 2.05) is 6.92 Å². The van der Waals surface area contributed by atoms with Crippen molar-refractivity contribution in [1.29, 1.82) is 0 Å². The van der Waals surface area contributed by atoms with Crippen LogP contribution < -0.4 is 5.73 Å². The highest BCUT2D eigenvalue weighted by molar-refractivity contribution is 5.68. The number of nitrogens with two attached hydrogens (primary N) is 1. The van der Waals surface area contributed by atoms with E-state index in [0.29, 0.717) is 0 Å². The minimum Gasteiger partial charge on any atom is -0.324 e. The van der Waals surface area contributed by atoms with E-state index >= 15 is 0 Å². The quantitative estimate of drug-likeness (QED) is 0.845. The van der Waals surface area contributed by atoms with E-state index in [9.17, 15) is 0 Å². The molecular formula is C18H21N. The van der Waals surface area contributed by atoms with Crippen LogP contribution >= 0.6 is 0 Å². The average Bonchev–Trinajstić information content (AvgIpc) is 2.37. The summed E-state index contributed by atoms with van der Waals surface area (Å²) >= 11 is 0. The molecule has 0 bridgehead atoms. The molecule has 1 unspecified atom stereocenters. The first-order valence-corrected chi connectivity index (χ1v) is 7.20. The SMILES string of the molecule is CC(N)c1ccccc1-c1ccc(C2CCC2)cc1. The molecule has 1 aliphatic rings. The Morgan fingerprint density at radius 1 is 1.00 bits per heavy atom. The molecule has 19 heavy (non-hydrogen) atoms. The Balaban J connectivity index is 1.93. The lowest BCUT2D eigenvalue weighted by atomic mass is 9.79. The molecule has 0 heterocycles. The van der Waals surface area contributed by atoms with Crippen LogP contribution in [0.25, 0.3) is 11.1 Å². The highest BCUT2D eigenvalue weighted by Gasteiger charge is 2.19. The summed E-state index contributed by atoms with van der Waals surface area (Å²) in [6.07, 6.45) is 4.10. The van der Waals surface area contributed by atoms with Crippen molar-refractivity contribution < 1.29 is 0 Å². The van der Waals surface area contributed by atoms with E-state index in [1.54, 1.807) is 0 Å². The van der Waals surface area contributed by atoms with Gasteiger partial charge in [0.25, 0.3) is 0 Å². The third kappa shape index (κ3) is 2.43. The molecule has 2 aromatic carbocycles. The van der Waals surface area contributed by atoms with Crippen LogP contribution in [0.5, 0.6) is 0 Å². The summed E-state index contributed by atoms with van der Waals surface area (Å²) < 4.78 is 0. The molecule has 1 fully saturated rings. The van der Waals surface area contributed by atoms with Gasteiger partial charge < -0.3 is 5.73 Å². The van der Waals surface area contributed by atoms with Crippen LogP contribution in [-0.2, 0) is 0 Å². The highest BCUT2D eigenvalue weighted by Crippen LogP contribution is 2.37. The lowest BCUT2D eigenvalue weighted by molar-refractivity contribution is 0.420. The van der Waals surface area contributed by atoms with Crippen LogP contribution in [0, 0.1) is 0 Å². The van der Waals surface area contributed by atoms with Gasteiger partial charge in [-0.05, 0) is 47.9 Å². The number of hydrogen-bond donors (Lipinski definition) is 1. The van der Waals surface area contributed by atoms with Crippen molar-refractivity contribution in [2.45, 2.75) is 38.1 Å². The predicted molar refractivity (Wildman–Crippen MR) is 81.1 cm³/mol. The van der Waals surface area contributed by atoms with E-state index in [4.69, 9.17) is 5.73 Å². The third-order valence-electron chi connectivity index (χ3n) is 4.25. The van der Waals surface area contributed by atoms with E-state index in [2.05, 4.69) is 48.5 Å².